The Balaban J connectivity index is 1.58. The molecule has 0 saturated heterocycles. The fourth-order valence-electron chi connectivity index (χ4n) is 8.71. The van der Waals surface area contributed by atoms with E-state index >= 15 is 0 Å². The minimum atomic E-state index is -0.188. The molecule has 4 saturated carbocycles. The topological polar surface area (TPSA) is 57.5 Å². The number of aliphatic hydroxyl groups is 2. The molecule has 4 aliphatic rings. The van der Waals surface area contributed by atoms with Gasteiger partial charge in [-0.15, -0.1) is 0 Å². The molecule has 0 aromatic rings. The fraction of sp³-hybridized carbons (Fsp3) is 0.958. The van der Waals surface area contributed by atoms with E-state index in [1.54, 1.807) is 0 Å². The molecule has 0 heterocycles. The summed E-state index contributed by atoms with van der Waals surface area (Å²) in [7, 11) is 0. The zero-order valence-electron chi connectivity index (χ0n) is 17.6. The minimum absolute atomic E-state index is 0.157. The van der Waals surface area contributed by atoms with Gasteiger partial charge in [-0.1, -0.05) is 20.8 Å². The maximum absolute atomic E-state index is 11.2. The van der Waals surface area contributed by atoms with E-state index in [-0.39, 0.29) is 12.2 Å². The first-order valence-electron chi connectivity index (χ1n) is 11.6. The third kappa shape index (κ3) is 3.03. The van der Waals surface area contributed by atoms with E-state index in [1.807, 2.05) is 0 Å². The van der Waals surface area contributed by atoms with Crippen LogP contribution in [0.5, 0.6) is 0 Å². The summed E-state index contributed by atoms with van der Waals surface area (Å²) in [5, 5.41) is 21.4. The molecule has 2 N–H and O–H groups in total. The highest BCUT2D eigenvalue weighted by Gasteiger charge is 2.62. The van der Waals surface area contributed by atoms with E-state index in [1.165, 1.54) is 25.7 Å². The number of fused-ring (bicyclic) bond motifs is 5. The lowest BCUT2D eigenvalue weighted by atomic mass is 9.43. The SMILES string of the molecule is C[C@H](CCC=O)C1CCC2[C@H]3C(CCC21C)C1(C)CC[C@@H](O)C[C@H]1C[C@H]3O. The van der Waals surface area contributed by atoms with Gasteiger partial charge in [0.1, 0.15) is 6.29 Å². The van der Waals surface area contributed by atoms with Gasteiger partial charge in [0, 0.05) is 6.42 Å². The van der Waals surface area contributed by atoms with Crippen LogP contribution in [0.1, 0.15) is 85.0 Å². The molecule has 10 atom stereocenters. The molecule has 4 rings (SSSR count). The van der Waals surface area contributed by atoms with Crippen molar-refractivity contribution in [2.45, 2.75) is 97.2 Å². The Labute approximate surface area is 165 Å². The molecule has 0 bridgehead atoms. The molecular formula is C24H40O3. The summed E-state index contributed by atoms with van der Waals surface area (Å²) in [6, 6.07) is 0. The van der Waals surface area contributed by atoms with Crippen molar-refractivity contribution in [3.05, 3.63) is 0 Å². The molecule has 4 fully saturated rings. The lowest BCUT2D eigenvalue weighted by Gasteiger charge is -2.62. The zero-order valence-corrected chi connectivity index (χ0v) is 17.6. The van der Waals surface area contributed by atoms with Crippen LogP contribution in [0.2, 0.25) is 0 Å². The van der Waals surface area contributed by atoms with E-state index in [2.05, 4.69) is 20.8 Å². The van der Waals surface area contributed by atoms with E-state index < -0.39 is 0 Å². The van der Waals surface area contributed by atoms with Crippen LogP contribution in [-0.4, -0.2) is 28.7 Å². The Morgan fingerprint density at radius 3 is 2.44 bits per heavy atom. The van der Waals surface area contributed by atoms with Crippen molar-refractivity contribution in [3.8, 4) is 0 Å². The summed E-state index contributed by atoms with van der Waals surface area (Å²) in [5.41, 5.74) is 0.646. The van der Waals surface area contributed by atoms with Gasteiger partial charge in [0.15, 0.2) is 0 Å². The van der Waals surface area contributed by atoms with Gasteiger partial charge < -0.3 is 15.0 Å². The second-order valence-corrected chi connectivity index (χ2v) is 11.2. The van der Waals surface area contributed by atoms with Crippen molar-refractivity contribution < 1.29 is 15.0 Å². The van der Waals surface area contributed by atoms with Gasteiger partial charge in [0.2, 0.25) is 0 Å². The van der Waals surface area contributed by atoms with Crippen molar-refractivity contribution in [2.24, 2.45) is 46.3 Å². The molecule has 0 spiro atoms. The van der Waals surface area contributed by atoms with Crippen LogP contribution in [0, 0.1) is 46.3 Å². The molecule has 0 aliphatic heterocycles. The van der Waals surface area contributed by atoms with E-state index in [0.717, 1.165) is 38.4 Å². The number of aliphatic hydroxyl groups excluding tert-OH is 2. The summed E-state index contributed by atoms with van der Waals surface area (Å²) >= 11 is 0. The van der Waals surface area contributed by atoms with Gasteiger partial charge in [-0.2, -0.15) is 0 Å². The van der Waals surface area contributed by atoms with E-state index in [0.29, 0.717) is 52.8 Å². The molecular weight excluding hydrogens is 336 g/mol. The number of rotatable bonds is 4. The highest BCUT2D eigenvalue weighted by Crippen LogP contribution is 2.68. The third-order valence-electron chi connectivity index (χ3n) is 10.2. The number of carbonyl (C=O) groups excluding carboxylic acids is 1. The maximum Gasteiger partial charge on any atom is 0.120 e. The molecule has 4 aliphatic carbocycles. The third-order valence-corrected chi connectivity index (χ3v) is 10.2. The first-order valence-corrected chi connectivity index (χ1v) is 11.6. The highest BCUT2D eigenvalue weighted by atomic mass is 16.3. The molecule has 0 amide bonds. The quantitative estimate of drug-likeness (QED) is 0.706. The van der Waals surface area contributed by atoms with Crippen LogP contribution in [0.4, 0.5) is 0 Å². The lowest BCUT2D eigenvalue weighted by molar-refractivity contribution is -0.174. The average Bonchev–Trinajstić information content (AvgIpc) is 2.98. The number of hydrogen-bond acceptors (Lipinski definition) is 3. The summed E-state index contributed by atoms with van der Waals surface area (Å²) in [5.74, 6) is 3.51. The van der Waals surface area contributed by atoms with Crippen LogP contribution in [0.25, 0.3) is 0 Å². The van der Waals surface area contributed by atoms with Gasteiger partial charge in [-0.05, 0) is 104 Å². The Morgan fingerprint density at radius 1 is 1.00 bits per heavy atom. The average molecular weight is 377 g/mol. The second kappa shape index (κ2) is 7.13. The van der Waals surface area contributed by atoms with Gasteiger partial charge in [-0.3, -0.25) is 0 Å². The van der Waals surface area contributed by atoms with Crippen molar-refractivity contribution in [3.63, 3.8) is 0 Å². The molecule has 0 radical (unpaired) electrons. The lowest BCUT2D eigenvalue weighted by Crippen LogP contribution is -2.58. The van der Waals surface area contributed by atoms with Crippen LogP contribution in [0.3, 0.4) is 0 Å². The van der Waals surface area contributed by atoms with E-state index in [4.69, 9.17) is 0 Å². The van der Waals surface area contributed by atoms with Crippen molar-refractivity contribution >= 4 is 6.29 Å². The predicted molar refractivity (Wildman–Crippen MR) is 107 cm³/mol. The summed E-state index contributed by atoms with van der Waals surface area (Å²) in [6.07, 6.45) is 11.4. The van der Waals surface area contributed by atoms with Crippen LogP contribution in [0.15, 0.2) is 0 Å². The van der Waals surface area contributed by atoms with Crippen LogP contribution >= 0.6 is 0 Å². The first kappa shape index (κ1) is 19.9. The molecule has 27 heavy (non-hydrogen) atoms. The summed E-state index contributed by atoms with van der Waals surface area (Å²) in [4.78, 5) is 10.9. The van der Waals surface area contributed by atoms with Gasteiger partial charge in [0.25, 0.3) is 0 Å². The fourth-order valence-corrected chi connectivity index (χ4v) is 8.71. The van der Waals surface area contributed by atoms with Crippen LogP contribution < -0.4 is 0 Å². The van der Waals surface area contributed by atoms with Gasteiger partial charge in [0.05, 0.1) is 12.2 Å². The maximum atomic E-state index is 11.2. The minimum Gasteiger partial charge on any atom is -0.393 e. The van der Waals surface area contributed by atoms with Crippen molar-refractivity contribution in [1.82, 2.24) is 0 Å². The predicted octanol–water partition coefficient (Wildman–Crippen LogP) is 4.59. The molecule has 5 unspecified atom stereocenters. The summed E-state index contributed by atoms with van der Waals surface area (Å²) < 4.78 is 0. The largest absolute Gasteiger partial charge is 0.393 e. The molecule has 154 valence electrons. The van der Waals surface area contributed by atoms with Crippen molar-refractivity contribution in [2.75, 3.05) is 0 Å². The Morgan fingerprint density at radius 2 is 1.70 bits per heavy atom. The number of carbonyl (C=O) groups is 1. The molecule has 0 aromatic heterocycles. The van der Waals surface area contributed by atoms with Crippen molar-refractivity contribution in [1.29, 1.82) is 0 Å². The van der Waals surface area contributed by atoms with E-state index in [9.17, 15) is 15.0 Å². The smallest absolute Gasteiger partial charge is 0.120 e. The van der Waals surface area contributed by atoms with Crippen LogP contribution in [-0.2, 0) is 4.79 Å². The zero-order chi connectivity index (χ0) is 19.4. The Kier molecular flexibility index (Phi) is 5.25. The van der Waals surface area contributed by atoms with Gasteiger partial charge in [-0.25, -0.2) is 0 Å². The normalized spacial score (nSPS) is 53.1. The Hall–Kier alpha value is -0.410. The summed E-state index contributed by atoms with van der Waals surface area (Å²) in [6.45, 7) is 7.34. The molecule has 3 heteroatoms. The second-order valence-electron chi connectivity index (χ2n) is 11.2. The first-order chi connectivity index (χ1) is 12.8. The Bertz CT molecular complexity index is 562. The number of aldehydes is 1. The standard InChI is InChI=1S/C24H40O3/c1-15(5-4-12-25)18-6-7-19-22-20(9-11-24(18,19)3)23(2)10-8-17(26)13-16(23)14-21(22)27/h12,15-22,26-27H,4-11,13-14H2,1-3H3/t15-,16+,17-,18?,19?,20?,21-,22+,23?,24?/m1/s1. The monoisotopic (exact) mass is 376 g/mol. The number of hydrogen-bond donors (Lipinski definition) is 2. The molecule has 3 nitrogen and oxygen atoms in total. The van der Waals surface area contributed by atoms with Gasteiger partial charge >= 0.3 is 0 Å². The molecule has 0 aromatic carbocycles. The highest BCUT2D eigenvalue weighted by molar-refractivity contribution is 5.49.